The summed E-state index contributed by atoms with van der Waals surface area (Å²) in [6, 6.07) is -0.104. The van der Waals surface area contributed by atoms with Crippen molar-refractivity contribution in [1.82, 2.24) is 9.55 Å². The van der Waals surface area contributed by atoms with Crippen LogP contribution in [-0.2, 0) is 6.42 Å². The number of aromatic nitrogens is 2. The fraction of sp³-hybridized carbons (Fsp3) is 0.600. The number of hydrogen-bond donors (Lipinski definition) is 2. The third kappa shape index (κ3) is 1.95. The molecule has 0 saturated carbocycles. The summed E-state index contributed by atoms with van der Waals surface area (Å²) in [5.74, 6) is 0.187. The molecule has 0 amide bonds. The fourth-order valence-corrected chi connectivity index (χ4v) is 1.53. The number of hydrogen-bond acceptors (Lipinski definition) is 3. The van der Waals surface area contributed by atoms with E-state index in [1.54, 1.807) is 0 Å². The summed E-state index contributed by atoms with van der Waals surface area (Å²) >= 11 is 0. The van der Waals surface area contributed by atoms with E-state index in [0.29, 0.717) is 12.0 Å². The van der Waals surface area contributed by atoms with Gasteiger partial charge in [0.15, 0.2) is 0 Å². The molecule has 0 aliphatic heterocycles. The summed E-state index contributed by atoms with van der Waals surface area (Å²) < 4.78 is 1.23. The molecule has 0 aliphatic carbocycles. The quantitative estimate of drug-likeness (QED) is 0.770. The number of nitrogen functional groups attached to an aromatic ring is 1. The van der Waals surface area contributed by atoms with Crippen molar-refractivity contribution in [3.05, 3.63) is 26.4 Å². The lowest BCUT2D eigenvalue weighted by Crippen LogP contribution is -2.39. The summed E-state index contributed by atoms with van der Waals surface area (Å²) in [6.45, 7) is 5.61. The summed E-state index contributed by atoms with van der Waals surface area (Å²) in [4.78, 5) is 26.0. The van der Waals surface area contributed by atoms with Gasteiger partial charge in [0.25, 0.3) is 5.56 Å². The molecule has 0 bridgehead atoms. The highest BCUT2D eigenvalue weighted by Crippen LogP contribution is 2.06. The Morgan fingerprint density at radius 1 is 1.40 bits per heavy atom. The van der Waals surface area contributed by atoms with Crippen molar-refractivity contribution in [2.75, 3.05) is 5.73 Å². The van der Waals surface area contributed by atoms with Gasteiger partial charge in [0.2, 0.25) is 0 Å². The zero-order valence-corrected chi connectivity index (χ0v) is 9.33. The van der Waals surface area contributed by atoms with Crippen molar-refractivity contribution in [1.29, 1.82) is 0 Å². The van der Waals surface area contributed by atoms with Crippen LogP contribution in [0.25, 0.3) is 0 Å². The van der Waals surface area contributed by atoms with E-state index in [-0.39, 0.29) is 17.4 Å². The van der Waals surface area contributed by atoms with Crippen molar-refractivity contribution in [2.45, 2.75) is 39.7 Å². The second-order valence-corrected chi connectivity index (χ2v) is 3.61. The minimum Gasteiger partial charge on any atom is -0.385 e. The molecule has 5 heteroatoms. The molecule has 1 aromatic rings. The highest BCUT2D eigenvalue weighted by Gasteiger charge is 2.13. The number of nitrogens with one attached hydrogen (secondary N) is 1. The topological polar surface area (TPSA) is 80.9 Å². The molecule has 0 saturated heterocycles. The van der Waals surface area contributed by atoms with Gasteiger partial charge >= 0.3 is 5.69 Å². The fourth-order valence-electron chi connectivity index (χ4n) is 1.53. The summed E-state index contributed by atoms with van der Waals surface area (Å²) in [5.41, 5.74) is 5.36. The van der Waals surface area contributed by atoms with Crippen LogP contribution in [0.2, 0.25) is 0 Å². The maximum absolute atomic E-state index is 11.9. The number of rotatable bonds is 3. The smallest absolute Gasteiger partial charge is 0.330 e. The van der Waals surface area contributed by atoms with Crippen LogP contribution in [0.5, 0.6) is 0 Å². The SMILES string of the molecule is CCc1c(N)[nH]c(=O)n(C(C)CC)c1=O. The summed E-state index contributed by atoms with van der Waals surface area (Å²) in [7, 11) is 0. The van der Waals surface area contributed by atoms with E-state index in [1.807, 2.05) is 20.8 Å². The maximum Gasteiger partial charge on any atom is 0.330 e. The first-order valence-corrected chi connectivity index (χ1v) is 5.16. The van der Waals surface area contributed by atoms with Gasteiger partial charge in [-0.15, -0.1) is 0 Å². The number of nitrogens with two attached hydrogens (primary N) is 1. The molecule has 15 heavy (non-hydrogen) atoms. The Morgan fingerprint density at radius 2 is 2.00 bits per heavy atom. The van der Waals surface area contributed by atoms with E-state index in [1.165, 1.54) is 4.57 Å². The lowest BCUT2D eigenvalue weighted by molar-refractivity contribution is 0.487. The predicted molar refractivity (Wildman–Crippen MR) is 60.1 cm³/mol. The van der Waals surface area contributed by atoms with Crippen molar-refractivity contribution < 1.29 is 0 Å². The van der Waals surface area contributed by atoms with Crippen LogP contribution in [0.1, 0.15) is 38.8 Å². The van der Waals surface area contributed by atoms with Gasteiger partial charge in [-0.25, -0.2) is 4.79 Å². The first-order valence-electron chi connectivity index (χ1n) is 5.16. The Bertz CT molecular complexity index is 459. The third-order valence-electron chi connectivity index (χ3n) is 2.65. The molecular formula is C10H17N3O2. The van der Waals surface area contributed by atoms with Gasteiger partial charge in [0.1, 0.15) is 5.82 Å². The monoisotopic (exact) mass is 211 g/mol. The molecule has 0 fully saturated rings. The Morgan fingerprint density at radius 3 is 2.47 bits per heavy atom. The number of nitrogens with zero attached hydrogens (tertiary/aromatic N) is 1. The van der Waals surface area contributed by atoms with Crippen LogP contribution >= 0.6 is 0 Å². The van der Waals surface area contributed by atoms with E-state index in [9.17, 15) is 9.59 Å². The highest BCUT2D eigenvalue weighted by atomic mass is 16.2. The summed E-state index contributed by atoms with van der Waals surface area (Å²) in [6.07, 6.45) is 1.26. The van der Waals surface area contributed by atoms with Gasteiger partial charge in [-0.05, 0) is 19.8 Å². The van der Waals surface area contributed by atoms with Crippen LogP contribution in [0.3, 0.4) is 0 Å². The Hall–Kier alpha value is -1.52. The zero-order valence-electron chi connectivity index (χ0n) is 9.33. The molecule has 0 aromatic carbocycles. The molecule has 3 N–H and O–H groups in total. The molecule has 1 heterocycles. The predicted octanol–water partition coefficient (Wildman–Crippen LogP) is 0.652. The third-order valence-corrected chi connectivity index (χ3v) is 2.65. The average Bonchev–Trinajstić information content (AvgIpc) is 2.17. The normalized spacial score (nSPS) is 12.7. The van der Waals surface area contributed by atoms with Crippen molar-refractivity contribution in [3.8, 4) is 0 Å². The van der Waals surface area contributed by atoms with E-state index in [4.69, 9.17) is 5.73 Å². The molecule has 1 unspecified atom stereocenters. The van der Waals surface area contributed by atoms with Gasteiger partial charge in [-0.2, -0.15) is 0 Å². The number of H-pyrrole nitrogens is 1. The molecule has 0 aliphatic rings. The Balaban J connectivity index is 3.53. The second kappa shape index (κ2) is 4.33. The Kier molecular flexibility index (Phi) is 3.34. The molecule has 1 rings (SSSR count). The van der Waals surface area contributed by atoms with E-state index >= 15 is 0 Å². The molecular weight excluding hydrogens is 194 g/mol. The van der Waals surface area contributed by atoms with Crippen LogP contribution in [0.4, 0.5) is 5.82 Å². The standard InChI is InChI=1S/C10H17N3O2/c1-4-6(3)13-9(14)7(5-2)8(11)12-10(13)15/h6H,4-5,11H2,1-3H3,(H,12,15). The van der Waals surface area contributed by atoms with Gasteiger partial charge < -0.3 is 5.73 Å². The first-order chi connectivity index (χ1) is 7.02. The summed E-state index contributed by atoms with van der Waals surface area (Å²) in [5, 5.41) is 0. The van der Waals surface area contributed by atoms with Gasteiger partial charge in [-0.3, -0.25) is 14.3 Å². The number of aromatic amines is 1. The van der Waals surface area contributed by atoms with Gasteiger partial charge in [-0.1, -0.05) is 13.8 Å². The van der Waals surface area contributed by atoms with Crippen molar-refractivity contribution >= 4 is 5.82 Å². The zero-order chi connectivity index (χ0) is 11.6. The van der Waals surface area contributed by atoms with Crippen molar-refractivity contribution in [3.63, 3.8) is 0 Å². The minimum atomic E-state index is -0.427. The molecule has 1 aromatic heterocycles. The molecule has 5 nitrogen and oxygen atoms in total. The van der Waals surface area contributed by atoms with Gasteiger partial charge in [0.05, 0.1) is 5.56 Å². The maximum atomic E-state index is 11.9. The van der Waals surface area contributed by atoms with Crippen LogP contribution in [-0.4, -0.2) is 9.55 Å². The molecule has 1 atom stereocenters. The largest absolute Gasteiger partial charge is 0.385 e. The Labute approximate surface area is 87.9 Å². The lowest BCUT2D eigenvalue weighted by Gasteiger charge is -2.13. The first kappa shape index (κ1) is 11.6. The van der Waals surface area contributed by atoms with Crippen LogP contribution in [0.15, 0.2) is 9.59 Å². The lowest BCUT2D eigenvalue weighted by atomic mass is 10.2. The average molecular weight is 211 g/mol. The second-order valence-electron chi connectivity index (χ2n) is 3.61. The van der Waals surface area contributed by atoms with Crippen molar-refractivity contribution in [2.24, 2.45) is 0 Å². The van der Waals surface area contributed by atoms with Crippen LogP contribution < -0.4 is 17.0 Å². The van der Waals surface area contributed by atoms with Gasteiger partial charge in [0, 0.05) is 6.04 Å². The van der Waals surface area contributed by atoms with E-state index in [2.05, 4.69) is 4.98 Å². The minimum absolute atomic E-state index is 0.104. The van der Waals surface area contributed by atoms with E-state index < -0.39 is 5.69 Å². The van der Waals surface area contributed by atoms with Crippen LogP contribution in [0, 0.1) is 0 Å². The highest BCUT2D eigenvalue weighted by molar-refractivity contribution is 5.36. The number of anilines is 1. The molecule has 0 radical (unpaired) electrons. The van der Waals surface area contributed by atoms with E-state index in [0.717, 1.165) is 6.42 Å². The molecule has 84 valence electrons. The molecule has 0 spiro atoms.